The summed E-state index contributed by atoms with van der Waals surface area (Å²) in [6.45, 7) is 8.75. The summed E-state index contributed by atoms with van der Waals surface area (Å²) in [5, 5.41) is 26.3. The zero-order valence-corrected chi connectivity index (χ0v) is 35.1. The number of carboxylic acid groups (broad SMARTS) is 1. The Hall–Kier alpha value is -5.87. The van der Waals surface area contributed by atoms with Gasteiger partial charge in [0.1, 0.15) is 36.3 Å². The highest BCUT2D eigenvalue weighted by molar-refractivity contribution is 5.97. The standard InChI is InChI=1S/C37H63N11O12/c1-7-20(6)31(37(59)60)47-33(55)22(14-26(40)50)43-28(52)16-41-32(54)21(10-11-25(39)49)45-35(57)30(19(4)5)46-29(53)17-42-34(56)24-9-8-12-48(24)36(58)23(13-18(2)3)44-27(51)15-38/h18-24,30-31H,7-17,38H2,1-6H3,(H2,39,49)(H2,40,50)(H,41,54)(H,42,56)(H,43,52)(H,44,51)(H,45,57)(H,46,53)(H,47,55)(H,59,60)/t20-,21-,22-,23-,24-,30-,31-/m0/s1. The first-order chi connectivity index (χ1) is 28.0. The number of amides is 10. The minimum absolute atomic E-state index is 0.0351. The van der Waals surface area contributed by atoms with Gasteiger partial charge in [-0.1, -0.05) is 48.0 Å². The number of aliphatic carboxylic acids is 1. The van der Waals surface area contributed by atoms with E-state index in [0.29, 0.717) is 25.7 Å². The van der Waals surface area contributed by atoms with Gasteiger partial charge in [-0.3, -0.25) is 47.9 Å². The van der Waals surface area contributed by atoms with Crippen LogP contribution in [0.2, 0.25) is 0 Å². The molecule has 60 heavy (non-hydrogen) atoms. The van der Waals surface area contributed by atoms with E-state index in [1.807, 2.05) is 13.8 Å². The maximum Gasteiger partial charge on any atom is 0.326 e. The molecule has 0 aliphatic carbocycles. The van der Waals surface area contributed by atoms with Crippen molar-refractivity contribution < 1.29 is 57.8 Å². The van der Waals surface area contributed by atoms with E-state index in [1.165, 1.54) is 4.90 Å². The number of hydrogen-bond acceptors (Lipinski definition) is 12. The van der Waals surface area contributed by atoms with Crippen LogP contribution in [0.25, 0.3) is 0 Å². The summed E-state index contributed by atoms with van der Waals surface area (Å²) in [6.07, 6.45) is 0.0987. The molecule has 1 heterocycles. The summed E-state index contributed by atoms with van der Waals surface area (Å²) < 4.78 is 0. The van der Waals surface area contributed by atoms with Crippen molar-refractivity contribution in [2.75, 3.05) is 26.2 Å². The Morgan fingerprint density at radius 1 is 0.700 bits per heavy atom. The number of likely N-dealkylation sites (tertiary alicyclic amines) is 1. The van der Waals surface area contributed by atoms with Gasteiger partial charge in [-0.25, -0.2) is 4.79 Å². The number of nitrogens with one attached hydrogen (secondary N) is 7. The van der Waals surface area contributed by atoms with Gasteiger partial charge in [-0.2, -0.15) is 0 Å². The number of carbonyl (C=O) groups excluding carboxylic acids is 10. The van der Waals surface area contributed by atoms with Gasteiger partial charge in [0, 0.05) is 13.0 Å². The van der Waals surface area contributed by atoms with E-state index in [1.54, 1.807) is 27.7 Å². The summed E-state index contributed by atoms with van der Waals surface area (Å²) in [5.74, 6) is -10.4. The summed E-state index contributed by atoms with van der Waals surface area (Å²) in [6, 6.07) is -7.49. The summed E-state index contributed by atoms with van der Waals surface area (Å²) >= 11 is 0. The molecule has 1 aliphatic heterocycles. The smallest absolute Gasteiger partial charge is 0.326 e. The van der Waals surface area contributed by atoms with Crippen LogP contribution >= 0.6 is 0 Å². The predicted molar refractivity (Wildman–Crippen MR) is 213 cm³/mol. The van der Waals surface area contributed by atoms with E-state index in [0.717, 1.165) is 0 Å². The lowest BCUT2D eigenvalue weighted by Crippen LogP contribution is -2.58. The van der Waals surface area contributed by atoms with E-state index in [4.69, 9.17) is 17.2 Å². The molecule has 338 valence electrons. The van der Waals surface area contributed by atoms with Crippen LogP contribution < -0.4 is 54.4 Å². The zero-order valence-electron chi connectivity index (χ0n) is 35.1. The maximum atomic E-state index is 13.4. The van der Waals surface area contributed by atoms with Crippen LogP contribution in [-0.2, 0) is 52.7 Å². The highest BCUT2D eigenvalue weighted by Crippen LogP contribution is 2.20. The Labute approximate surface area is 348 Å². The van der Waals surface area contributed by atoms with E-state index >= 15 is 0 Å². The van der Waals surface area contributed by atoms with Gasteiger partial charge in [-0.05, 0) is 43.4 Å². The highest BCUT2D eigenvalue weighted by Gasteiger charge is 2.38. The molecule has 0 spiro atoms. The topological polar surface area (TPSA) is 374 Å². The maximum absolute atomic E-state index is 13.4. The lowest BCUT2D eigenvalue weighted by molar-refractivity contribution is -0.144. The summed E-state index contributed by atoms with van der Waals surface area (Å²) in [5.41, 5.74) is 15.9. The molecule has 0 unspecified atom stereocenters. The van der Waals surface area contributed by atoms with Gasteiger partial charge >= 0.3 is 5.97 Å². The van der Waals surface area contributed by atoms with Gasteiger partial charge < -0.3 is 64.4 Å². The normalized spacial score (nSPS) is 16.6. The summed E-state index contributed by atoms with van der Waals surface area (Å²) in [7, 11) is 0. The van der Waals surface area contributed by atoms with Gasteiger partial charge in [0.05, 0.1) is 26.1 Å². The van der Waals surface area contributed by atoms with Crippen molar-refractivity contribution in [1.29, 1.82) is 0 Å². The van der Waals surface area contributed by atoms with Crippen molar-refractivity contribution in [3.8, 4) is 0 Å². The van der Waals surface area contributed by atoms with Gasteiger partial charge in [0.2, 0.25) is 59.1 Å². The molecule has 1 saturated heterocycles. The first-order valence-corrected chi connectivity index (χ1v) is 19.9. The van der Waals surface area contributed by atoms with E-state index in [-0.39, 0.29) is 31.8 Å². The molecule has 0 aromatic carbocycles. The molecule has 14 N–H and O–H groups in total. The van der Waals surface area contributed by atoms with Gasteiger partial charge in [0.25, 0.3) is 0 Å². The van der Waals surface area contributed by atoms with Gasteiger partial charge in [-0.15, -0.1) is 0 Å². The van der Waals surface area contributed by atoms with Crippen LogP contribution in [0.5, 0.6) is 0 Å². The molecular formula is C37H63N11O12. The number of carboxylic acids is 1. The number of carbonyl (C=O) groups is 11. The monoisotopic (exact) mass is 853 g/mol. The second kappa shape index (κ2) is 25.6. The molecule has 23 nitrogen and oxygen atoms in total. The van der Waals surface area contributed by atoms with E-state index in [9.17, 15) is 57.8 Å². The van der Waals surface area contributed by atoms with E-state index < -0.39 is 133 Å². The number of hydrogen-bond donors (Lipinski definition) is 11. The lowest BCUT2D eigenvalue weighted by Gasteiger charge is -2.29. The van der Waals surface area contributed by atoms with Crippen molar-refractivity contribution in [3.05, 3.63) is 0 Å². The molecule has 0 radical (unpaired) electrons. The molecule has 0 aromatic rings. The van der Waals surface area contributed by atoms with Crippen LogP contribution in [0.15, 0.2) is 0 Å². The first-order valence-electron chi connectivity index (χ1n) is 19.9. The van der Waals surface area contributed by atoms with Crippen molar-refractivity contribution in [3.63, 3.8) is 0 Å². The molecule has 10 amide bonds. The van der Waals surface area contributed by atoms with E-state index in [2.05, 4.69) is 37.2 Å². The molecule has 1 aliphatic rings. The summed E-state index contributed by atoms with van der Waals surface area (Å²) in [4.78, 5) is 140. The average molecular weight is 854 g/mol. The number of nitrogens with zero attached hydrogens (tertiary/aromatic N) is 1. The Kier molecular flexibility index (Phi) is 22.2. The lowest BCUT2D eigenvalue weighted by atomic mass is 9.98. The molecule has 0 bridgehead atoms. The molecule has 23 heteroatoms. The highest BCUT2D eigenvalue weighted by atomic mass is 16.4. The third-order valence-electron chi connectivity index (χ3n) is 9.62. The zero-order chi connectivity index (χ0) is 45.9. The van der Waals surface area contributed by atoms with Crippen molar-refractivity contribution >= 4 is 65.0 Å². The van der Waals surface area contributed by atoms with Crippen molar-refractivity contribution in [2.24, 2.45) is 35.0 Å². The van der Waals surface area contributed by atoms with Crippen molar-refractivity contribution in [1.82, 2.24) is 42.1 Å². The van der Waals surface area contributed by atoms with Crippen LogP contribution in [-0.4, -0.2) is 137 Å². The fourth-order valence-corrected chi connectivity index (χ4v) is 6.19. The number of primary amides is 2. The molecular weight excluding hydrogens is 790 g/mol. The molecule has 1 rings (SSSR count). The third kappa shape index (κ3) is 18.0. The van der Waals surface area contributed by atoms with Crippen LogP contribution in [0.1, 0.15) is 86.5 Å². The molecule has 7 atom stereocenters. The Bertz CT molecular complexity index is 1590. The fourth-order valence-electron chi connectivity index (χ4n) is 6.19. The van der Waals surface area contributed by atoms with Crippen molar-refractivity contribution in [2.45, 2.75) is 123 Å². The average Bonchev–Trinajstić information content (AvgIpc) is 3.67. The molecule has 0 aromatic heterocycles. The molecule has 1 fully saturated rings. The number of rotatable bonds is 26. The van der Waals surface area contributed by atoms with Crippen LogP contribution in [0, 0.1) is 17.8 Å². The SMILES string of the molecule is CC[C@H](C)[C@H](NC(=O)[C@H](CC(N)=O)NC(=O)CNC(=O)[C@H](CCC(N)=O)NC(=O)[C@@H](NC(=O)CNC(=O)[C@@H]1CCCN1C(=O)[C@H](CC(C)C)NC(=O)CN)C(C)C)C(=O)O. The fraction of sp³-hybridized carbons (Fsp3) is 0.703. The van der Waals surface area contributed by atoms with Gasteiger partial charge in [0.15, 0.2) is 0 Å². The Morgan fingerprint density at radius 3 is 1.83 bits per heavy atom. The number of nitrogens with two attached hydrogens (primary N) is 3. The first kappa shape index (κ1) is 52.1. The quantitative estimate of drug-likeness (QED) is 0.0392. The predicted octanol–water partition coefficient (Wildman–Crippen LogP) is -4.43. The molecule has 0 saturated carbocycles. The Morgan fingerprint density at radius 2 is 1.30 bits per heavy atom. The third-order valence-corrected chi connectivity index (χ3v) is 9.62. The minimum Gasteiger partial charge on any atom is -0.480 e. The minimum atomic E-state index is -1.60. The van der Waals surface area contributed by atoms with Crippen LogP contribution in [0.3, 0.4) is 0 Å². The second-order valence-corrected chi connectivity index (χ2v) is 15.4. The Balaban J connectivity index is 2.98. The van der Waals surface area contributed by atoms with Crippen LogP contribution in [0.4, 0.5) is 0 Å². The largest absolute Gasteiger partial charge is 0.480 e. The second-order valence-electron chi connectivity index (χ2n) is 15.4.